The molecule has 0 spiro atoms. The number of nitrogens with two attached hydrogens (primary N) is 1. The molecule has 0 fully saturated rings. The molecule has 3 aromatic rings. The Balaban J connectivity index is 1.51. The Kier molecular flexibility index (Phi) is 7.47. The van der Waals surface area contributed by atoms with E-state index in [1.165, 1.54) is 0 Å². The van der Waals surface area contributed by atoms with Crippen molar-refractivity contribution in [2.75, 3.05) is 13.2 Å². The van der Waals surface area contributed by atoms with E-state index in [2.05, 4.69) is 12.6 Å². The van der Waals surface area contributed by atoms with Gasteiger partial charge in [-0.1, -0.05) is 42.5 Å². The summed E-state index contributed by atoms with van der Waals surface area (Å²) in [6.07, 6.45) is 1.66. The Morgan fingerprint density at radius 2 is 1.83 bits per heavy atom. The molecule has 1 unspecified atom stereocenters. The number of aryl methyl sites for hydroxylation is 1. The van der Waals surface area contributed by atoms with Gasteiger partial charge >= 0.3 is 5.97 Å². The van der Waals surface area contributed by atoms with Gasteiger partial charge in [0.25, 0.3) is 0 Å². The van der Waals surface area contributed by atoms with Crippen molar-refractivity contribution in [2.24, 2.45) is 5.73 Å². The number of nitriles is 1. The summed E-state index contributed by atoms with van der Waals surface area (Å²) in [6, 6.07) is 19.6. The van der Waals surface area contributed by atoms with E-state index in [1.54, 1.807) is 42.5 Å². The number of ether oxygens (including phenoxy) is 4. The monoisotopic (exact) mass is 502 g/mol. The van der Waals surface area contributed by atoms with Crippen LogP contribution >= 0.6 is 11.6 Å². The molecule has 0 saturated heterocycles. The summed E-state index contributed by atoms with van der Waals surface area (Å²) in [7, 11) is 0. The first-order valence-electron chi connectivity index (χ1n) is 11.0. The molecule has 0 aliphatic carbocycles. The Labute approximate surface area is 213 Å². The van der Waals surface area contributed by atoms with E-state index >= 15 is 0 Å². The SMILES string of the molecule is C=CCOc1ccc(C2C(C#N)=C(N)Oc3cc(OC(=O)COc4ccc(Cl)c(C)c4)ccc32)cc1. The zero-order valence-corrected chi connectivity index (χ0v) is 20.2. The largest absolute Gasteiger partial charge is 0.490 e. The highest BCUT2D eigenvalue weighted by atomic mass is 35.5. The number of nitrogens with zero attached hydrogens (tertiary/aromatic N) is 1. The smallest absolute Gasteiger partial charge is 0.349 e. The van der Waals surface area contributed by atoms with Gasteiger partial charge in [0.05, 0.1) is 5.92 Å². The highest BCUT2D eigenvalue weighted by Gasteiger charge is 2.31. The zero-order chi connectivity index (χ0) is 25.7. The summed E-state index contributed by atoms with van der Waals surface area (Å²) >= 11 is 6.01. The van der Waals surface area contributed by atoms with Crippen molar-refractivity contribution in [3.8, 4) is 29.1 Å². The molecule has 2 N–H and O–H groups in total. The highest BCUT2D eigenvalue weighted by Crippen LogP contribution is 2.43. The lowest BCUT2D eigenvalue weighted by Crippen LogP contribution is -2.21. The van der Waals surface area contributed by atoms with Crippen LogP contribution in [0.4, 0.5) is 0 Å². The minimum Gasteiger partial charge on any atom is -0.490 e. The number of carbonyl (C=O) groups is 1. The van der Waals surface area contributed by atoms with Gasteiger partial charge in [-0.05, 0) is 54.4 Å². The molecule has 0 amide bonds. The van der Waals surface area contributed by atoms with E-state index < -0.39 is 11.9 Å². The molecular formula is C28H23ClN2O5. The summed E-state index contributed by atoms with van der Waals surface area (Å²) in [5, 5.41) is 10.4. The van der Waals surface area contributed by atoms with Crippen molar-refractivity contribution in [1.29, 1.82) is 5.26 Å². The lowest BCUT2D eigenvalue weighted by Gasteiger charge is -2.26. The molecule has 1 aliphatic rings. The van der Waals surface area contributed by atoms with Crippen LogP contribution in [0.1, 0.15) is 22.6 Å². The fraction of sp³-hybridized carbons (Fsp3) is 0.143. The number of hydrogen-bond acceptors (Lipinski definition) is 7. The van der Waals surface area contributed by atoms with Gasteiger partial charge in [0, 0.05) is 16.7 Å². The molecule has 182 valence electrons. The van der Waals surface area contributed by atoms with Gasteiger partial charge in [0.15, 0.2) is 6.61 Å². The second kappa shape index (κ2) is 10.9. The summed E-state index contributed by atoms with van der Waals surface area (Å²) in [4.78, 5) is 12.4. The van der Waals surface area contributed by atoms with Gasteiger partial charge in [-0.3, -0.25) is 0 Å². The van der Waals surface area contributed by atoms with Crippen molar-refractivity contribution >= 4 is 17.6 Å². The van der Waals surface area contributed by atoms with Crippen LogP contribution in [0.3, 0.4) is 0 Å². The van der Waals surface area contributed by atoms with Gasteiger partial charge in [-0.15, -0.1) is 0 Å². The Hall–Kier alpha value is -4.41. The number of hydrogen-bond donors (Lipinski definition) is 1. The van der Waals surface area contributed by atoms with Crippen molar-refractivity contribution in [3.05, 3.63) is 106 Å². The third kappa shape index (κ3) is 5.45. The van der Waals surface area contributed by atoms with E-state index in [1.807, 2.05) is 31.2 Å². The maximum atomic E-state index is 12.4. The molecule has 1 aliphatic heterocycles. The van der Waals surface area contributed by atoms with Crippen molar-refractivity contribution in [2.45, 2.75) is 12.8 Å². The fourth-order valence-electron chi connectivity index (χ4n) is 3.76. The average Bonchev–Trinajstić information content (AvgIpc) is 2.87. The Bertz CT molecular complexity index is 1380. The second-order valence-corrected chi connectivity index (χ2v) is 8.37. The van der Waals surface area contributed by atoms with Crippen LogP contribution in [0.5, 0.6) is 23.0 Å². The minimum absolute atomic E-state index is 0.00750. The van der Waals surface area contributed by atoms with Gasteiger partial charge in [-0.2, -0.15) is 5.26 Å². The molecule has 4 rings (SSSR count). The first kappa shape index (κ1) is 24.7. The number of fused-ring (bicyclic) bond motifs is 1. The maximum Gasteiger partial charge on any atom is 0.349 e. The second-order valence-electron chi connectivity index (χ2n) is 7.97. The van der Waals surface area contributed by atoms with Crippen LogP contribution in [0.2, 0.25) is 5.02 Å². The molecular weight excluding hydrogens is 480 g/mol. The van der Waals surface area contributed by atoms with Gasteiger partial charge < -0.3 is 24.7 Å². The molecule has 0 saturated carbocycles. The van der Waals surface area contributed by atoms with Crippen molar-refractivity contribution < 1.29 is 23.7 Å². The van der Waals surface area contributed by atoms with E-state index in [0.717, 1.165) is 11.1 Å². The quantitative estimate of drug-likeness (QED) is 0.249. The predicted octanol–water partition coefficient (Wildman–Crippen LogP) is 5.42. The van der Waals surface area contributed by atoms with Crippen molar-refractivity contribution in [1.82, 2.24) is 0 Å². The van der Waals surface area contributed by atoms with Gasteiger partial charge in [0.1, 0.15) is 41.2 Å². The number of allylic oxidation sites excluding steroid dienone is 1. The number of rotatable bonds is 8. The molecule has 1 heterocycles. The van der Waals surface area contributed by atoms with Crippen molar-refractivity contribution in [3.63, 3.8) is 0 Å². The molecule has 7 nitrogen and oxygen atoms in total. The molecule has 0 aromatic heterocycles. The third-order valence-electron chi connectivity index (χ3n) is 5.49. The molecule has 1 atom stereocenters. The Morgan fingerprint density at radius 1 is 1.11 bits per heavy atom. The maximum absolute atomic E-state index is 12.4. The fourth-order valence-corrected chi connectivity index (χ4v) is 3.88. The molecule has 0 radical (unpaired) electrons. The Morgan fingerprint density at radius 3 is 2.53 bits per heavy atom. The molecule has 36 heavy (non-hydrogen) atoms. The summed E-state index contributed by atoms with van der Waals surface area (Å²) < 4.78 is 22.2. The van der Waals surface area contributed by atoms with E-state index in [9.17, 15) is 10.1 Å². The van der Waals surface area contributed by atoms with Gasteiger partial charge in [-0.25, -0.2) is 4.79 Å². The standard InChI is InChI=1S/C28H23ClN2O5/c1-3-12-33-19-6-4-18(5-7-19)27-22-10-8-21(14-25(22)36-28(31)23(27)15-30)35-26(32)16-34-20-9-11-24(29)17(2)13-20/h3-11,13-14,27H,1,12,16,31H2,2H3. The number of halogens is 1. The van der Waals surface area contributed by atoms with Crippen LogP contribution < -0.4 is 24.7 Å². The van der Waals surface area contributed by atoms with Gasteiger partial charge in [0.2, 0.25) is 5.88 Å². The molecule has 3 aromatic carbocycles. The number of carbonyl (C=O) groups excluding carboxylic acids is 1. The first-order valence-corrected chi connectivity index (χ1v) is 11.4. The summed E-state index contributed by atoms with van der Waals surface area (Å²) in [6.45, 7) is 5.58. The van der Waals surface area contributed by atoms with Crippen LogP contribution in [0.15, 0.2) is 84.8 Å². The number of benzene rings is 3. The zero-order valence-electron chi connectivity index (χ0n) is 19.5. The lowest BCUT2D eigenvalue weighted by molar-refractivity contribution is -0.136. The topological polar surface area (TPSA) is 104 Å². The van der Waals surface area contributed by atoms with Crippen LogP contribution in [0.25, 0.3) is 0 Å². The van der Waals surface area contributed by atoms with E-state index in [4.69, 9.17) is 36.3 Å². The summed E-state index contributed by atoms with van der Waals surface area (Å²) in [5.41, 5.74) is 8.76. The van der Waals surface area contributed by atoms with Crippen LogP contribution in [-0.2, 0) is 4.79 Å². The van der Waals surface area contributed by atoms with Crippen LogP contribution in [0, 0.1) is 18.3 Å². The lowest BCUT2D eigenvalue weighted by atomic mass is 9.83. The van der Waals surface area contributed by atoms with Crippen LogP contribution in [-0.4, -0.2) is 19.2 Å². The normalized spacial score (nSPS) is 14.2. The summed E-state index contributed by atoms with van der Waals surface area (Å²) in [5.74, 6) is 0.789. The highest BCUT2D eigenvalue weighted by molar-refractivity contribution is 6.31. The predicted molar refractivity (Wildman–Crippen MR) is 135 cm³/mol. The first-order chi connectivity index (χ1) is 17.4. The third-order valence-corrected chi connectivity index (χ3v) is 5.91. The van der Waals surface area contributed by atoms with E-state index in [-0.39, 0.29) is 18.2 Å². The minimum atomic E-state index is -0.591. The number of esters is 1. The molecule has 8 heteroatoms. The molecule has 0 bridgehead atoms. The van der Waals surface area contributed by atoms with E-state index in [0.29, 0.717) is 40.0 Å². The average molecular weight is 503 g/mol.